The van der Waals surface area contributed by atoms with E-state index < -0.39 is 5.97 Å². The maximum absolute atomic E-state index is 10.7. The Morgan fingerprint density at radius 3 is 2.69 bits per heavy atom. The summed E-state index contributed by atoms with van der Waals surface area (Å²) in [6.45, 7) is 1.81. The Labute approximate surface area is 91.1 Å². The maximum Gasteiger partial charge on any atom is 0.354 e. The van der Waals surface area contributed by atoms with Gasteiger partial charge in [-0.05, 0) is 13.0 Å². The summed E-state index contributed by atoms with van der Waals surface area (Å²) in [6, 6.07) is 1.33. The predicted molar refractivity (Wildman–Crippen MR) is 54.8 cm³/mol. The zero-order valence-corrected chi connectivity index (χ0v) is 8.45. The van der Waals surface area contributed by atoms with Crippen molar-refractivity contribution in [1.29, 1.82) is 0 Å². The summed E-state index contributed by atoms with van der Waals surface area (Å²) in [4.78, 5) is 26.6. The molecule has 0 aliphatic carbocycles. The summed E-state index contributed by atoms with van der Waals surface area (Å²) in [7, 11) is 0. The standard InChI is InChI=1S/C10H8N4O2/c1-6-4-13-8(5-12-6)9-11-3-2-7(14-9)10(15)16/h2-5H,1H3,(H,15,16). The Morgan fingerprint density at radius 1 is 1.25 bits per heavy atom. The highest BCUT2D eigenvalue weighted by molar-refractivity contribution is 5.85. The first-order chi connectivity index (χ1) is 7.66. The lowest BCUT2D eigenvalue weighted by atomic mass is 10.3. The number of carbonyl (C=O) groups is 1. The van der Waals surface area contributed by atoms with Crippen LogP contribution < -0.4 is 0 Å². The first kappa shape index (κ1) is 10.2. The van der Waals surface area contributed by atoms with Crippen molar-refractivity contribution in [2.24, 2.45) is 0 Å². The van der Waals surface area contributed by atoms with E-state index in [0.717, 1.165) is 5.69 Å². The molecule has 1 N–H and O–H groups in total. The lowest BCUT2D eigenvalue weighted by Gasteiger charge is -1.99. The molecule has 0 radical (unpaired) electrons. The number of aromatic nitrogens is 4. The van der Waals surface area contributed by atoms with E-state index in [2.05, 4.69) is 19.9 Å². The summed E-state index contributed by atoms with van der Waals surface area (Å²) in [5.74, 6) is -0.837. The smallest absolute Gasteiger partial charge is 0.354 e. The van der Waals surface area contributed by atoms with Gasteiger partial charge in [-0.3, -0.25) is 4.98 Å². The number of carboxylic acids is 1. The molecule has 0 aliphatic rings. The molecule has 80 valence electrons. The molecule has 0 aliphatic heterocycles. The molecule has 6 nitrogen and oxygen atoms in total. The molecule has 2 aromatic rings. The zero-order chi connectivity index (χ0) is 11.5. The number of hydrogen-bond donors (Lipinski definition) is 1. The van der Waals surface area contributed by atoms with Gasteiger partial charge in [-0.1, -0.05) is 0 Å². The third kappa shape index (κ3) is 2.00. The molecule has 0 unspecified atom stereocenters. The highest BCUT2D eigenvalue weighted by Gasteiger charge is 2.08. The molecule has 0 aromatic carbocycles. The van der Waals surface area contributed by atoms with Crippen LogP contribution in [0.5, 0.6) is 0 Å². The summed E-state index contributed by atoms with van der Waals surface area (Å²) in [5.41, 5.74) is 1.17. The normalized spacial score (nSPS) is 10.1. The van der Waals surface area contributed by atoms with E-state index in [0.29, 0.717) is 5.69 Å². The van der Waals surface area contributed by atoms with Crippen molar-refractivity contribution in [3.05, 3.63) is 36.0 Å². The lowest BCUT2D eigenvalue weighted by molar-refractivity contribution is 0.0690. The molecule has 2 aromatic heterocycles. The van der Waals surface area contributed by atoms with E-state index in [9.17, 15) is 4.79 Å². The Kier molecular flexibility index (Phi) is 2.55. The number of rotatable bonds is 2. The van der Waals surface area contributed by atoms with Crippen molar-refractivity contribution in [3.8, 4) is 11.5 Å². The van der Waals surface area contributed by atoms with Gasteiger partial charge in [-0.2, -0.15) is 0 Å². The molecule has 0 saturated heterocycles. The van der Waals surface area contributed by atoms with E-state index in [4.69, 9.17) is 5.11 Å². The third-order valence-corrected chi connectivity index (χ3v) is 1.88. The topological polar surface area (TPSA) is 88.9 Å². The minimum absolute atomic E-state index is 0.0626. The second kappa shape index (κ2) is 4.01. The van der Waals surface area contributed by atoms with Crippen LogP contribution in [0.25, 0.3) is 11.5 Å². The van der Waals surface area contributed by atoms with Crippen LogP contribution in [-0.2, 0) is 0 Å². The molecule has 0 amide bonds. The second-order valence-corrected chi connectivity index (χ2v) is 3.11. The highest BCUT2D eigenvalue weighted by Crippen LogP contribution is 2.10. The number of nitrogens with zero attached hydrogens (tertiary/aromatic N) is 4. The van der Waals surface area contributed by atoms with Gasteiger partial charge in [-0.25, -0.2) is 19.7 Å². The minimum Gasteiger partial charge on any atom is -0.477 e. The molecule has 0 spiro atoms. The highest BCUT2D eigenvalue weighted by atomic mass is 16.4. The van der Waals surface area contributed by atoms with Crippen LogP contribution in [0.15, 0.2) is 24.7 Å². The SMILES string of the molecule is Cc1cnc(-c2nccc(C(=O)O)n2)cn1. The van der Waals surface area contributed by atoms with Crippen LogP contribution >= 0.6 is 0 Å². The van der Waals surface area contributed by atoms with Crippen LogP contribution in [0.1, 0.15) is 16.2 Å². The molecule has 2 heterocycles. The van der Waals surface area contributed by atoms with E-state index in [1.807, 2.05) is 6.92 Å². The van der Waals surface area contributed by atoms with Gasteiger partial charge in [0, 0.05) is 12.4 Å². The molecule has 6 heteroatoms. The van der Waals surface area contributed by atoms with Gasteiger partial charge in [0.15, 0.2) is 11.5 Å². The van der Waals surface area contributed by atoms with Crippen LogP contribution in [-0.4, -0.2) is 31.0 Å². The Morgan fingerprint density at radius 2 is 2.06 bits per heavy atom. The fourth-order valence-corrected chi connectivity index (χ4v) is 1.11. The molecule has 0 bridgehead atoms. The quantitative estimate of drug-likeness (QED) is 0.803. The second-order valence-electron chi connectivity index (χ2n) is 3.11. The Balaban J connectivity index is 2.44. The number of aryl methyl sites for hydroxylation is 1. The van der Waals surface area contributed by atoms with Gasteiger partial charge in [0.05, 0.1) is 11.9 Å². The van der Waals surface area contributed by atoms with E-state index in [1.54, 1.807) is 6.20 Å². The van der Waals surface area contributed by atoms with E-state index in [1.165, 1.54) is 18.5 Å². The van der Waals surface area contributed by atoms with Gasteiger partial charge in [0.25, 0.3) is 0 Å². The van der Waals surface area contributed by atoms with Gasteiger partial charge in [0.2, 0.25) is 0 Å². The van der Waals surface area contributed by atoms with Crippen molar-refractivity contribution in [3.63, 3.8) is 0 Å². The zero-order valence-electron chi connectivity index (χ0n) is 8.45. The fraction of sp³-hybridized carbons (Fsp3) is 0.100. The minimum atomic E-state index is -1.09. The Bertz CT molecular complexity index is 525. The first-order valence-corrected chi connectivity index (χ1v) is 4.52. The van der Waals surface area contributed by atoms with Crippen molar-refractivity contribution in [2.45, 2.75) is 6.92 Å². The first-order valence-electron chi connectivity index (χ1n) is 4.52. The molecule has 16 heavy (non-hydrogen) atoms. The molecule has 0 atom stereocenters. The predicted octanol–water partition coefficient (Wildman–Crippen LogP) is 0.940. The fourth-order valence-electron chi connectivity index (χ4n) is 1.11. The van der Waals surface area contributed by atoms with E-state index in [-0.39, 0.29) is 11.5 Å². The van der Waals surface area contributed by atoms with Crippen molar-refractivity contribution in [2.75, 3.05) is 0 Å². The maximum atomic E-state index is 10.7. The molecule has 0 fully saturated rings. The number of hydrogen-bond acceptors (Lipinski definition) is 5. The average molecular weight is 216 g/mol. The summed E-state index contributed by atoms with van der Waals surface area (Å²) in [5, 5.41) is 8.77. The van der Waals surface area contributed by atoms with Crippen molar-refractivity contribution >= 4 is 5.97 Å². The molecule has 0 saturated carbocycles. The monoisotopic (exact) mass is 216 g/mol. The summed E-state index contributed by atoms with van der Waals surface area (Å²) < 4.78 is 0. The molecule has 2 rings (SSSR count). The largest absolute Gasteiger partial charge is 0.477 e. The van der Waals surface area contributed by atoms with Crippen LogP contribution in [0.2, 0.25) is 0 Å². The third-order valence-electron chi connectivity index (χ3n) is 1.88. The Hall–Kier alpha value is -2.37. The lowest BCUT2D eigenvalue weighted by Crippen LogP contribution is -2.03. The van der Waals surface area contributed by atoms with Crippen molar-refractivity contribution < 1.29 is 9.90 Å². The van der Waals surface area contributed by atoms with Crippen molar-refractivity contribution in [1.82, 2.24) is 19.9 Å². The molecular weight excluding hydrogens is 208 g/mol. The van der Waals surface area contributed by atoms with Gasteiger partial charge in [0.1, 0.15) is 5.69 Å². The van der Waals surface area contributed by atoms with Crippen LogP contribution in [0.4, 0.5) is 0 Å². The van der Waals surface area contributed by atoms with E-state index >= 15 is 0 Å². The van der Waals surface area contributed by atoms with Gasteiger partial charge < -0.3 is 5.11 Å². The molecular formula is C10H8N4O2. The summed E-state index contributed by atoms with van der Waals surface area (Å²) >= 11 is 0. The van der Waals surface area contributed by atoms with Gasteiger partial charge in [-0.15, -0.1) is 0 Å². The van der Waals surface area contributed by atoms with Crippen LogP contribution in [0.3, 0.4) is 0 Å². The number of aromatic carboxylic acids is 1. The number of carboxylic acid groups (broad SMARTS) is 1. The van der Waals surface area contributed by atoms with Crippen LogP contribution in [0, 0.1) is 6.92 Å². The average Bonchev–Trinajstić information content (AvgIpc) is 2.30. The summed E-state index contributed by atoms with van der Waals surface area (Å²) in [6.07, 6.45) is 4.47. The van der Waals surface area contributed by atoms with Gasteiger partial charge >= 0.3 is 5.97 Å².